The summed E-state index contributed by atoms with van der Waals surface area (Å²) in [4.78, 5) is 18.3. The van der Waals surface area contributed by atoms with Gasteiger partial charge in [-0.25, -0.2) is 0 Å². The quantitative estimate of drug-likeness (QED) is 0.297. The number of nitrogens with one attached hydrogen (secondary N) is 1. The smallest absolute Gasteiger partial charge is 0.167 e. The van der Waals surface area contributed by atoms with Crippen LogP contribution in [-0.2, 0) is 13.0 Å². The number of nitrogens with two attached hydrogens (primary N) is 1. The summed E-state index contributed by atoms with van der Waals surface area (Å²) in [5, 5.41) is 1.83. The van der Waals surface area contributed by atoms with Crippen LogP contribution in [0.4, 0.5) is 5.69 Å². The summed E-state index contributed by atoms with van der Waals surface area (Å²) < 4.78 is 0. The van der Waals surface area contributed by atoms with Crippen LogP contribution in [0.2, 0.25) is 5.02 Å². The Bertz CT molecular complexity index is 1330. The van der Waals surface area contributed by atoms with E-state index < -0.39 is 0 Å². The fraction of sp³-hybridized carbons (Fsp3) is 0.148. The molecule has 0 spiro atoms. The number of carbonyl (C=O) groups excluding carboxylic acids is 1. The van der Waals surface area contributed by atoms with Crippen LogP contribution in [0, 0.1) is 0 Å². The first-order chi connectivity index (χ1) is 15.5. The number of hydrogen-bond acceptors (Lipinski definition) is 3. The molecule has 5 rings (SSSR count). The second-order valence-corrected chi connectivity index (χ2v) is 8.79. The van der Waals surface area contributed by atoms with Gasteiger partial charge in [0.25, 0.3) is 0 Å². The first-order valence-corrected chi connectivity index (χ1v) is 11.1. The molecule has 0 bridgehead atoms. The molecule has 1 fully saturated rings. The van der Waals surface area contributed by atoms with E-state index in [-0.39, 0.29) is 12.2 Å². The topological polar surface area (TPSA) is 62.1 Å². The number of likely N-dealkylation sites (tertiary alicyclic amines) is 1. The van der Waals surface area contributed by atoms with Crippen LogP contribution in [0.5, 0.6) is 0 Å². The molecule has 0 unspecified atom stereocenters. The third-order valence-corrected chi connectivity index (χ3v) is 6.29. The lowest BCUT2D eigenvalue weighted by molar-refractivity contribution is 0.0993. The zero-order chi connectivity index (χ0) is 22.1. The highest BCUT2D eigenvalue weighted by Crippen LogP contribution is 2.26. The first-order valence-electron chi connectivity index (χ1n) is 10.7. The second kappa shape index (κ2) is 8.65. The van der Waals surface area contributed by atoms with Crippen LogP contribution < -0.4 is 5.73 Å². The maximum Gasteiger partial charge on any atom is 0.167 e. The fourth-order valence-corrected chi connectivity index (χ4v) is 4.43. The van der Waals surface area contributed by atoms with Gasteiger partial charge in [0.1, 0.15) is 0 Å². The number of Topliss-reactive ketones (excluding diaryl/α,β-unsaturated/α-hetero) is 1. The van der Waals surface area contributed by atoms with Gasteiger partial charge in [-0.3, -0.25) is 9.69 Å². The van der Waals surface area contributed by atoms with Crippen LogP contribution in [0.25, 0.3) is 17.0 Å². The van der Waals surface area contributed by atoms with E-state index in [0.29, 0.717) is 16.3 Å². The average Bonchev–Trinajstić information content (AvgIpc) is 3.23. The summed E-state index contributed by atoms with van der Waals surface area (Å²) in [6.07, 6.45) is 4.38. The Hall–Kier alpha value is -3.34. The number of nitrogens with zero attached hydrogens (tertiary/aromatic N) is 1. The van der Waals surface area contributed by atoms with E-state index in [2.05, 4.69) is 40.2 Å². The molecule has 1 aromatic heterocycles. The predicted molar refractivity (Wildman–Crippen MR) is 132 cm³/mol. The Morgan fingerprint density at radius 3 is 2.72 bits per heavy atom. The number of carbonyl (C=O) groups is 1. The summed E-state index contributed by atoms with van der Waals surface area (Å²) in [6.45, 7) is 2.77. The molecular formula is C27H24ClN3O. The third-order valence-electron chi connectivity index (χ3n) is 5.97. The Balaban J connectivity index is 1.21. The van der Waals surface area contributed by atoms with Crippen LogP contribution in [0.1, 0.15) is 27.0 Å². The van der Waals surface area contributed by atoms with Gasteiger partial charge in [-0.15, -0.1) is 0 Å². The summed E-state index contributed by atoms with van der Waals surface area (Å²) in [5.41, 5.74) is 12.8. The largest absolute Gasteiger partial charge is 0.398 e. The molecular weight excluding hydrogens is 418 g/mol. The Kier molecular flexibility index (Phi) is 5.56. The van der Waals surface area contributed by atoms with Gasteiger partial charge in [-0.2, -0.15) is 0 Å². The number of hydrogen-bond donors (Lipinski definition) is 2. The van der Waals surface area contributed by atoms with Crippen molar-refractivity contribution in [3.8, 4) is 0 Å². The van der Waals surface area contributed by atoms with Gasteiger partial charge in [-0.05, 0) is 51.9 Å². The second-order valence-electron chi connectivity index (χ2n) is 8.38. The molecule has 4 nitrogen and oxygen atoms in total. The minimum Gasteiger partial charge on any atom is -0.398 e. The molecule has 0 saturated carbocycles. The minimum absolute atomic E-state index is 0.0119. The Morgan fingerprint density at radius 1 is 1.06 bits per heavy atom. The highest BCUT2D eigenvalue weighted by molar-refractivity contribution is 6.32. The average molecular weight is 442 g/mol. The van der Waals surface area contributed by atoms with Crippen molar-refractivity contribution in [1.82, 2.24) is 9.88 Å². The van der Waals surface area contributed by atoms with E-state index in [1.54, 1.807) is 6.07 Å². The van der Waals surface area contributed by atoms with Crippen molar-refractivity contribution in [1.29, 1.82) is 0 Å². The van der Waals surface area contributed by atoms with E-state index in [4.69, 9.17) is 17.3 Å². The highest BCUT2D eigenvalue weighted by atomic mass is 35.5. The SMILES string of the molecule is Nc1ccccc1CC(=O)c1ccc(C=C2CN(Cc3ccc4cc[nH]c4c3)C2)c(Cl)c1. The molecule has 160 valence electrons. The van der Waals surface area contributed by atoms with Crippen molar-refractivity contribution in [2.45, 2.75) is 13.0 Å². The predicted octanol–water partition coefficient (Wildman–Crippen LogP) is 5.73. The number of aromatic nitrogens is 1. The van der Waals surface area contributed by atoms with E-state index >= 15 is 0 Å². The van der Waals surface area contributed by atoms with Crippen molar-refractivity contribution in [3.05, 3.63) is 106 Å². The molecule has 0 amide bonds. The number of H-pyrrole nitrogens is 1. The molecule has 1 aliphatic heterocycles. The molecule has 2 heterocycles. The summed E-state index contributed by atoms with van der Waals surface area (Å²) in [6, 6.07) is 21.6. The van der Waals surface area contributed by atoms with Crippen molar-refractivity contribution in [2.24, 2.45) is 0 Å². The van der Waals surface area contributed by atoms with E-state index in [1.807, 2.05) is 42.6 Å². The molecule has 1 aliphatic rings. The summed E-state index contributed by atoms with van der Waals surface area (Å²) in [5.74, 6) is 0.0119. The Labute approximate surface area is 192 Å². The monoisotopic (exact) mass is 441 g/mol. The zero-order valence-corrected chi connectivity index (χ0v) is 18.4. The van der Waals surface area contributed by atoms with Crippen LogP contribution >= 0.6 is 11.6 Å². The molecule has 32 heavy (non-hydrogen) atoms. The highest BCUT2D eigenvalue weighted by Gasteiger charge is 2.20. The number of rotatable bonds is 6. The standard InChI is InChI=1S/C27H24ClN3O/c28-24-13-23(27(32)14-22-3-1-2-4-25(22)29)8-7-21(24)11-19-16-31(17-19)15-18-5-6-20-9-10-30-26(20)12-18/h1-13,30H,14-17,29H2. The number of para-hydroxylation sites is 1. The van der Waals surface area contributed by atoms with Crippen molar-refractivity contribution in [3.63, 3.8) is 0 Å². The molecule has 5 heteroatoms. The van der Waals surface area contributed by atoms with Gasteiger partial charge < -0.3 is 10.7 Å². The molecule has 0 aliphatic carbocycles. The number of halogens is 1. The van der Waals surface area contributed by atoms with Crippen molar-refractivity contribution >= 4 is 40.1 Å². The number of nitrogen functional groups attached to an aromatic ring is 1. The van der Waals surface area contributed by atoms with Crippen molar-refractivity contribution < 1.29 is 4.79 Å². The van der Waals surface area contributed by atoms with Crippen LogP contribution in [-0.4, -0.2) is 28.8 Å². The number of fused-ring (bicyclic) bond motifs is 1. The molecule has 0 atom stereocenters. The van der Waals surface area contributed by atoms with Gasteiger partial charge in [0.15, 0.2) is 5.78 Å². The van der Waals surface area contributed by atoms with Gasteiger partial charge in [0.2, 0.25) is 0 Å². The molecule has 3 aromatic carbocycles. The molecule has 4 aromatic rings. The maximum absolute atomic E-state index is 12.7. The molecule has 3 N–H and O–H groups in total. The first kappa shape index (κ1) is 20.6. The third kappa shape index (κ3) is 4.33. The van der Waals surface area contributed by atoms with Crippen LogP contribution in [0.3, 0.4) is 0 Å². The molecule has 0 radical (unpaired) electrons. The lowest BCUT2D eigenvalue weighted by atomic mass is 9.99. The van der Waals surface area contributed by atoms with Gasteiger partial charge in [-0.1, -0.05) is 60.1 Å². The lowest BCUT2D eigenvalue weighted by Gasteiger charge is -2.34. The van der Waals surface area contributed by atoms with E-state index in [1.165, 1.54) is 22.0 Å². The lowest BCUT2D eigenvalue weighted by Crippen LogP contribution is -2.39. The maximum atomic E-state index is 12.7. The zero-order valence-electron chi connectivity index (χ0n) is 17.6. The minimum atomic E-state index is 0.0119. The van der Waals surface area contributed by atoms with E-state index in [0.717, 1.165) is 30.8 Å². The van der Waals surface area contributed by atoms with Gasteiger partial charge in [0.05, 0.1) is 0 Å². The molecule has 1 saturated heterocycles. The number of ketones is 1. The van der Waals surface area contributed by atoms with Crippen molar-refractivity contribution in [2.75, 3.05) is 18.8 Å². The summed E-state index contributed by atoms with van der Waals surface area (Å²) in [7, 11) is 0. The van der Waals surface area contributed by atoms with E-state index in [9.17, 15) is 4.79 Å². The van der Waals surface area contributed by atoms with Crippen LogP contribution in [0.15, 0.2) is 78.5 Å². The fourth-order valence-electron chi connectivity index (χ4n) is 4.19. The number of aromatic amines is 1. The van der Waals surface area contributed by atoms with Gasteiger partial charge in [0, 0.05) is 54.0 Å². The Morgan fingerprint density at radius 2 is 1.91 bits per heavy atom. The number of anilines is 1. The number of benzene rings is 3. The summed E-state index contributed by atoms with van der Waals surface area (Å²) >= 11 is 6.51. The normalized spacial score (nSPS) is 13.8. The van der Waals surface area contributed by atoms with Gasteiger partial charge >= 0.3 is 0 Å².